The van der Waals surface area contributed by atoms with E-state index in [1.165, 1.54) is 16.7 Å². The van der Waals surface area contributed by atoms with E-state index in [1.807, 2.05) is 19.1 Å². The molecular weight excluding hydrogens is 324 g/mol. The Morgan fingerprint density at radius 1 is 1.15 bits per heavy atom. The lowest BCUT2D eigenvalue weighted by Crippen LogP contribution is -2.08. The molecule has 4 heteroatoms. The van der Waals surface area contributed by atoms with E-state index >= 15 is 0 Å². The van der Waals surface area contributed by atoms with Crippen molar-refractivity contribution >= 4 is 11.7 Å². The number of oxazole rings is 1. The van der Waals surface area contributed by atoms with Gasteiger partial charge in [0.25, 0.3) is 6.01 Å². The van der Waals surface area contributed by atoms with Gasteiger partial charge in [-0.1, -0.05) is 42.0 Å². The Kier molecular flexibility index (Phi) is 4.48. The average molecular weight is 346 g/mol. The molecule has 0 atom stereocenters. The summed E-state index contributed by atoms with van der Waals surface area (Å²) in [4.78, 5) is 4.39. The second-order valence-electron chi connectivity index (χ2n) is 6.45. The zero-order chi connectivity index (χ0) is 17.9. The van der Waals surface area contributed by atoms with Gasteiger partial charge in [-0.3, -0.25) is 0 Å². The summed E-state index contributed by atoms with van der Waals surface area (Å²) in [6, 6.07) is 15.0. The van der Waals surface area contributed by atoms with E-state index in [0.29, 0.717) is 12.6 Å². The van der Waals surface area contributed by atoms with Crippen LogP contribution in [0.1, 0.15) is 23.6 Å². The van der Waals surface area contributed by atoms with Gasteiger partial charge in [0, 0.05) is 17.7 Å². The van der Waals surface area contributed by atoms with Crippen LogP contribution < -0.4 is 5.32 Å². The number of ether oxygens (including phenoxy) is 1. The van der Waals surface area contributed by atoms with Crippen molar-refractivity contribution in [2.45, 2.75) is 26.7 Å². The van der Waals surface area contributed by atoms with Crippen molar-refractivity contribution < 1.29 is 9.15 Å². The van der Waals surface area contributed by atoms with Crippen molar-refractivity contribution in [1.29, 1.82) is 0 Å². The molecule has 1 aliphatic rings. The minimum atomic E-state index is 0.501. The molecule has 4 rings (SSSR count). The zero-order valence-electron chi connectivity index (χ0n) is 15.1. The first-order valence-corrected chi connectivity index (χ1v) is 8.95. The molecule has 132 valence electrons. The van der Waals surface area contributed by atoms with E-state index in [9.17, 15) is 0 Å². The normalized spacial score (nSPS) is 13.1. The second-order valence-corrected chi connectivity index (χ2v) is 6.45. The highest BCUT2D eigenvalue weighted by molar-refractivity contribution is 5.64. The number of fused-ring (bicyclic) bond motifs is 1. The summed E-state index contributed by atoms with van der Waals surface area (Å²) in [5.74, 6) is 1.79. The van der Waals surface area contributed by atoms with Crippen LogP contribution in [0.3, 0.4) is 0 Å². The minimum absolute atomic E-state index is 0.501. The van der Waals surface area contributed by atoms with Crippen LogP contribution in [-0.4, -0.2) is 11.6 Å². The Labute approximate surface area is 153 Å². The summed E-state index contributed by atoms with van der Waals surface area (Å²) >= 11 is 0. The van der Waals surface area contributed by atoms with Crippen LogP contribution in [0.4, 0.5) is 11.7 Å². The van der Waals surface area contributed by atoms with Gasteiger partial charge in [-0.05, 0) is 43.5 Å². The molecule has 0 saturated carbocycles. The Morgan fingerprint density at radius 2 is 2.00 bits per heavy atom. The minimum Gasteiger partial charge on any atom is -0.498 e. The van der Waals surface area contributed by atoms with Gasteiger partial charge in [0.2, 0.25) is 0 Å². The maximum Gasteiger partial charge on any atom is 0.299 e. The fourth-order valence-electron chi connectivity index (χ4n) is 3.22. The number of aryl methyl sites for hydroxylation is 1. The first kappa shape index (κ1) is 16.5. The number of aromatic nitrogens is 1. The molecule has 0 fully saturated rings. The van der Waals surface area contributed by atoms with Gasteiger partial charge in [0.1, 0.15) is 0 Å². The van der Waals surface area contributed by atoms with Crippen LogP contribution >= 0.6 is 0 Å². The summed E-state index contributed by atoms with van der Waals surface area (Å²) in [6.07, 6.45) is 5.60. The maximum absolute atomic E-state index is 5.91. The molecule has 0 unspecified atom stereocenters. The number of anilines is 2. The van der Waals surface area contributed by atoms with Gasteiger partial charge < -0.3 is 14.5 Å². The molecule has 0 bridgehead atoms. The third kappa shape index (κ3) is 3.36. The monoisotopic (exact) mass is 346 g/mol. The molecule has 1 aromatic heterocycles. The van der Waals surface area contributed by atoms with Gasteiger partial charge in [0.15, 0.2) is 5.76 Å². The summed E-state index contributed by atoms with van der Waals surface area (Å²) in [7, 11) is 0. The molecule has 3 aromatic rings. The smallest absolute Gasteiger partial charge is 0.299 e. The van der Waals surface area contributed by atoms with Crippen LogP contribution in [-0.2, 0) is 17.6 Å². The largest absolute Gasteiger partial charge is 0.498 e. The van der Waals surface area contributed by atoms with Crippen LogP contribution in [0.5, 0.6) is 0 Å². The highest BCUT2D eigenvalue weighted by Gasteiger charge is 2.17. The average Bonchev–Trinajstić information content (AvgIpc) is 3.12. The van der Waals surface area contributed by atoms with E-state index < -0.39 is 0 Å². The van der Waals surface area contributed by atoms with Gasteiger partial charge in [-0.2, -0.15) is 0 Å². The number of hydrogen-bond donors (Lipinski definition) is 1. The molecule has 0 aliphatic heterocycles. The lowest BCUT2D eigenvalue weighted by atomic mass is 9.94. The third-order valence-corrected chi connectivity index (χ3v) is 4.59. The molecule has 4 nitrogen and oxygen atoms in total. The Bertz CT molecular complexity index is 939. The first-order valence-electron chi connectivity index (χ1n) is 8.95. The van der Waals surface area contributed by atoms with E-state index in [1.54, 1.807) is 6.20 Å². The lowest BCUT2D eigenvalue weighted by molar-refractivity contribution is 0.220. The quantitative estimate of drug-likeness (QED) is 0.671. The van der Waals surface area contributed by atoms with Crippen molar-refractivity contribution in [1.82, 2.24) is 4.98 Å². The Hall–Kier alpha value is -3.01. The molecule has 0 amide bonds. The van der Waals surface area contributed by atoms with Crippen LogP contribution in [0, 0.1) is 6.92 Å². The zero-order valence-corrected chi connectivity index (χ0v) is 15.1. The molecule has 1 N–H and O–H groups in total. The van der Waals surface area contributed by atoms with E-state index in [-0.39, 0.29) is 0 Å². The predicted molar refractivity (Wildman–Crippen MR) is 104 cm³/mol. The summed E-state index contributed by atoms with van der Waals surface area (Å²) in [5, 5.41) is 3.34. The number of allylic oxidation sites excluding steroid dienone is 2. The molecule has 0 spiro atoms. The van der Waals surface area contributed by atoms with E-state index in [0.717, 1.165) is 35.6 Å². The Morgan fingerprint density at radius 3 is 2.81 bits per heavy atom. The van der Waals surface area contributed by atoms with Crippen molar-refractivity contribution in [3.63, 3.8) is 0 Å². The fraction of sp³-hybridized carbons (Fsp3) is 0.227. The highest BCUT2D eigenvalue weighted by atomic mass is 16.5. The van der Waals surface area contributed by atoms with Crippen molar-refractivity contribution in [3.8, 4) is 11.3 Å². The first-order chi connectivity index (χ1) is 12.7. The summed E-state index contributed by atoms with van der Waals surface area (Å²) in [6.45, 7) is 4.77. The third-order valence-electron chi connectivity index (χ3n) is 4.59. The van der Waals surface area contributed by atoms with Gasteiger partial charge in [0.05, 0.1) is 18.6 Å². The van der Waals surface area contributed by atoms with Crippen LogP contribution in [0.2, 0.25) is 0 Å². The lowest BCUT2D eigenvalue weighted by Gasteiger charge is -2.20. The molecule has 26 heavy (non-hydrogen) atoms. The van der Waals surface area contributed by atoms with Crippen LogP contribution in [0.15, 0.2) is 64.9 Å². The van der Waals surface area contributed by atoms with Crippen LogP contribution in [0.25, 0.3) is 11.3 Å². The number of benzene rings is 2. The van der Waals surface area contributed by atoms with Gasteiger partial charge >= 0.3 is 0 Å². The predicted octanol–water partition coefficient (Wildman–Crippen LogP) is 5.41. The Balaban J connectivity index is 1.57. The number of rotatable bonds is 5. The fourth-order valence-corrected chi connectivity index (χ4v) is 3.22. The molecule has 1 heterocycles. The standard InChI is InChI=1S/C22H22N2O2/c1-3-25-18-12-11-16-5-4-6-20(19(16)13-18)24-22-23-14-21(26-22)17-9-7-15(2)8-10-17/h4-10,12,14H,3,11,13H2,1-2H3,(H,23,24). The number of hydrogen-bond acceptors (Lipinski definition) is 4. The van der Waals surface area contributed by atoms with Crippen molar-refractivity contribution in [3.05, 3.63) is 77.2 Å². The van der Waals surface area contributed by atoms with E-state index in [4.69, 9.17) is 9.15 Å². The number of nitrogens with one attached hydrogen (secondary N) is 1. The van der Waals surface area contributed by atoms with E-state index in [2.05, 4.69) is 53.6 Å². The number of nitrogens with zero attached hydrogens (tertiary/aromatic N) is 1. The SMILES string of the molecule is CCOC1=CCc2cccc(Nc3ncc(-c4ccc(C)cc4)o3)c2C1. The van der Waals surface area contributed by atoms with Gasteiger partial charge in [-0.25, -0.2) is 4.98 Å². The molecule has 2 aromatic carbocycles. The highest BCUT2D eigenvalue weighted by Crippen LogP contribution is 2.31. The second kappa shape index (κ2) is 7.08. The summed E-state index contributed by atoms with van der Waals surface area (Å²) in [5.41, 5.74) is 5.82. The van der Waals surface area contributed by atoms with Crippen molar-refractivity contribution in [2.24, 2.45) is 0 Å². The molecule has 0 radical (unpaired) electrons. The maximum atomic E-state index is 5.91. The molecular formula is C22H22N2O2. The summed E-state index contributed by atoms with van der Waals surface area (Å²) < 4.78 is 11.6. The van der Waals surface area contributed by atoms with Crippen molar-refractivity contribution in [2.75, 3.05) is 11.9 Å². The molecule has 0 saturated heterocycles. The topological polar surface area (TPSA) is 47.3 Å². The molecule has 1 aliphatic carbocycles. The van der Waals surface area contributed by atoms with Gasteiger partial charge in [-0.15, -0.1) is 0 Å².